The van der Waals surface area contributed by atoms with Crippen molar-refractivity contribution in [1.29, 1.82) is 0 Å². The normalized spacial score (nSPS) is 21.6. The van der Waals surface area contributed by atoms with E-state index in [1.54, 1.807) is 4.90 Å². The first-order valence-electron chi connectivity index (χ1n) is 15.5. The molecule has 9 nitrogen and oxygen atoms in total. The van der Waals surface area contributed by atoms with Crippen LogP contribution in [0.1, 0.15) is 68.9 Å². The minimum absolute atomic E-state index is 0.0238. The van der Waals surface area contributed by atoms with Crippen molar-refractivity contribution in [2.45, 2.75) is 76.0 Å². The summed E-state index contributed by atoms with van der Waals surface area (Å²) in [4.78, 5) is 38.9. The van der Waals surface area contributed by atoms with Crippen LogP contribution < -0.4 is 0 Å². The summed E-state index contributed by atoms with van der Waals surface area (Å²) in [6, 6.07) is 11.3. The number of amides is 2. The Bertz CT molecular complexity index is 1390. The fourth-order valence-electron chi connectivity index (χ4n) is 5.92. The van der Waals surface area contributed by atoms with Gasteiger partial charge in [0.2, 0.25) is 11.8 Å². The molecule has 1 saturated carbocycles. The molecule has 2 aromatic rings. The number of benzene rings is 2. The molecule has 2 fully saturated rings. The summed E-state index contributed by atoms with van der Waals surface area (Å²) in [6.45, 7) is 2.23. The quantitative estimate of drug-likeness (QED) is 0.384. The number of carbonyl (C=O) groups is 2. The van der Waals surface area contributed by atoms with Crippen molar-refractivity contribution >= 4 is 34.8 Å². The van der Waals surface area contributed by atoms with Crippen LogP contribution in [0.3, 0.4) is 0 Å². The van der Waals surface area contributed by atoms with Gasteiger partial charge in [0.1, 0.15) is 23.8 Å². The molecule has 2 amide bonds. The molecule has 45 heavy (non-hydrogen) atoms. The van der Waals surface area contributed by atoms with Crippen LogP contribution in [0.2, 0.25) is 5.02 Å². The number of nitrogens with zero attached hydrogens (tertiary/aromatic N) is 4. The largest absolute Gasteiger partial charge is 0.391 e. The minimum Gasteiger partial charge on any atom is -0.391 e. The Labute approximate surface area is 267 Å². The van der Waals surface area contributed by atoms with Crippen LogP contribution in [-0.4, -0.2) is 84.6 Å². The van der Waals surface area contributed by atoms with Gasteiger partial charge in [-0.3, -0.25) is 9.59 Å². The second-order valence-corrected chi connectivity index (χ2v) is 12.2. The van der Waals surface area contributed by atoms with E-state index < -0.39 is 17.7 Å². The molecule has 6 rings (SSSR count). The summed E-state index contributed by atoms with van der Waals surface area (Å²) >= 11 is 5.90. The topological polar surface area (TPSA) is 93.0 Å². The van der Waals surface area contributed by atoms with Gasteiger partial charge in [0.25, 0.3) is 0 Å². The van der Waals surface area contributed by atoms with E-state index in [4.69, 9.17) is 26.0 Å². The first kappa shape index (κ1) is 32.8. The predicted molar refractivity (Wildman–Crippen MR) is 166 cm³/mol. The highest BCUT2D eigenvalue weighted by Crippen LogP contribution is 2.25. The Balaban J connectivity index is 0.000000178. The maximum Gasteiger partial charge on any atom is 0.226 e. The molecule has 0 unspecified atom stereocenters. The first-order valence-corrected chi connectivity index (χ1v) is 15.9. The Kier molecular flexibility index (Phi) is 11.4. The highest BCUT2D eigenvalue weighted by Gasteiger charge is 2.30. The van der Waals surface area contributed by atoms with Crippen LogP contribution in [-0.2, 0) is 24.0 Å². The molecule has 0 bridgehead atoms. The molecular formula is C33H39ClF2N4O5. The van der Waals surface area contributed by atoms with E-state index >= 15 is 0 Å². The van der Waals surface area contributed by atoms with Crippen molar-refractivity contribution in [2.75, 3.05) is 33.4 Å². The molecule has 1 saturated heterocycles. The van der Waals surface area contributed by atoms with Gasteiger partial charge in [-0.2, -0.15) is 0 Å². The standard InChI is InChI=1S/C18H23ClN2O2.C15H16F2N2O3/c1-21(15-5-3-2-4-6-15)18(22)12-16-11-17(20-23-16)13-7-9-14(19)10-8-13;16-10-1-2-12(13(17)7-10)14-8-11(22-18-14)9-15(20)19-3-5-21-6-4-19/h7-10,15-16H,2-6,11-12H2,1H3;1-2,7,11H,3-6,8-9H2/t16-;11-/m11/s1. The maximum atomic E-state index is 13.7. The fourth-order valence-corrected chi connectivity index (χ4v) is 6.04. The SMILES string of the molecule is CN(C(=O)C[C@H]1CC(c2ccc(Cl)cc2)=NO1)C1CCCCC1.O=C(C[C@H]1CC(c2ccc(F)cc2F)=NO1)N1CCOCC1. The summed E-state index contributed by atoms with van der Waals surface area (Å²) in [6.07, 6.45) is 7.03. The molecule has 0 radical (unpaired) electrons. The van der Waals surface area contributed by atoms with E-state index in [2.05, 4.69) is 10.3 Å². The van der Waals surface area contributed by atoms with Crippen LogP contribution in [0.15, 0.2) is 52.8 Å². The number of carbonyl (C=O) groups excluding carboxylic acids is 2. The number of morpholine rings is 1. The van der Waals surface area contributed by atoms with E-state index in [0.29, 0.717) is 62.3 Å². The Hall–Kier alpha value is -3.57. The number of rotatable bonds is 7. The number of ether oxygens (including phenoxy) is 1. The third-order valence-corrected chi connectivity index (χ3v) is 8.82. The fraction of sp³-hybridized carbons (Fsp3) is 0.515. The Morgan fingerprint density at radius 3 is 2.24 bits per heavy atom. The van der Waals surface area contributed by atoms with Gasteiger partial charge in [-0.1, -0.05) is 53.3 Å². The molecule has 4 aliphatic rings. The smallest absolute Gasteiger partial charge is 0.226 e. The second-order valence-electron chi connectivity index (χ2n) is 11.8. The lowest BCUT2D eigenvalue weighted by atomic mass is 9.94. The average Bonchev–Trinajstić information content (AvgIpc) is 3.72. The molecule has 3 aliphatic heterocycles. The van der Waals surface area contributed by atoms with Crippen LogP contribution in [0.4, 0.5) is 8.78 Å². The molecular weight excluding hydrogens is 606 g/mol. The zero-order chi connectivity index (χ0) is 31.8. The van der Waals surface area contributed by atoms with Crippen molar-refractivity contribution in [3.8, 4) is 0 Å². The van der Waals surface area contributed by atoms with Crippen LogP contribution in [0, 0.1) is 11.6 Å². The zero-order valence-corrected chi connectivity index (χ0v) is 26.2. The molecule has 0 spiro atoms. The molecule has 2 atom stereocenters. The number of hydrogen-bond donors (Lipinski definition) is 0. The number of halogens is 3. The lowest BCUT2D eigenvalue weighted by Gasteiger charge is -2.31. The van der Waals surface area contributed by atoms with E-state index in [-0.39, 0.29) is 29.9 Å². The monoisotopic (exact) mass is 644 g/mol. The van der Waals surface area contributed by atoms with Gasteiger partial charge in [-0.05, 0) is 42.7 Å². The summed E-state index contributed by atoms with van der Waals surface area (Å²) < 4.78 is 31.8. The highest BCUT2D eigenvalue weighted by atomic mass is 35.5. The lowest BCUT2D eigenvalue weighted by molar-refractivity contribution is -0.138. The van der Waals surface area contributed by atoms with Gasteiger partial charge in [0.15, 0.2) is 0 Å². The summed E-state index contributed by atoms with van der Waals surface area (Å²) in [5.74, 6) is -1.18. The third kappa shape index (κ3) is 9.00. The third-order valence-electron chi connectivity index (χ3n) is 8.57. The van der Waals surface area contributed by atoms with Crippen molar-refractivity contribution in [3.63, 3.8) is 0 Å². The van der Waals surface area contributed by atoms with Gasteiger partial charge in [0.05, 0.1) is 37.5 Å². The van der Waals surface area contributed by atoms with Crippen LogP contribution in [0.25, 0.3) is 0 Å². The van der Waals surface area contributed by atoms with Gasteiger partial charge < -0.3 is 24.2 Å². The van der Waals surface area contributed by atoms with Gasteiger partial charge >= 0.3 is 0 Å². The first-order chi connectivity index (χ1) is 21.8. The van der Waals surface area contributed by atoms with E-state index in [0.717, 1.165) is 30.2 Å². The Morgan fingerprint density at radius 2 is 1.56 bits per heavy atom. The van der Waals surface area contributed by atoms with Crippen molar-refractivity contribution in [1.82, 2.24) is 9.80 Å². The zero-order valence-electron chi connectivity index (χ0n) is 25.4. The highest BCUT2D eigenvalue weighted by molar-refractivity contribution is 6.30. The summed E-state index contributed by atoms with van der Waals surface area (Å²) in [7, 11) is 1.92. The molecule has 1 aliphatic carbocycles. The van der Waals surface area contributed by atoms with Crippen molar-refractivity contribution < 1.29 is 32.8 Å². The van der Waals surface area contributed by atoms with E-state index in [1.807, 2.05) is 36.2 Å². The molecule has 242 valence electrons. The molecule has 0 N–H and O–H groups in total. The predicted octanol–water partition coefficient (Wildman–Crippen LogP) is 5.72. The lowest BCUT2D eigenvalue weighted by Crippen LogP contribution is -2.41. The second kappa shape index (κ2) is 15.6. The van der Waals surface area contributed by atoms with E-state index in [9.17, 15) is 18.4 Å². The van der Waals surface area contributed by atoms with Crippen molar-refractivity contribution in [2.24, 2.45) is 10.3 Å². The molecule has 0 aromatic heterocycles. The minimum atomic E-state index is -0.678. The van der Waals surface area contributed by atoms with Gasteiger partial charge in [0, 0.05) is 55.7 Å². The van der Waals surface area contributed by atoms with Gasteiger partial charge in [-0.15, -0.1) is 0 Å². The number of hydrogen-bond acceptors (Lipinski definition) is 7. The van der Waals surface area contributed by atoms with Gasteiger partial charge in [-0.25, -0.2) is 8.78 Å². The average molecular weight is 645 g/mol. The molecule has 2 aromatic carbocycles. The molecule has 3 heterocycles. The maximum absolute atomic E-state index is 13.7. The summed E-state index contributed by atoms with van der Waals surface area (Å²) in [5, 5.41) is 8.68. The summed E-state index contributed by atoms with van der Waals surface area (Å²) in [5.41, 5.74) is 2.50. The van der Waals surface area contributed by atoms with Crippen molar-refractivity contribution in [3.05, 3.63) is 70.2 Å². The molecule has 12 heteroatoms. The number of oxime groups is 2. The van der Waals surface area contributed by atoms with E-state index in [1.165, 1.54) is 31.4 Å². The van der Waals surface area contributed by atoms with Crippen LogP contribution in [0.5, 0.6) is 0 Å². The van der Waals surface area contributed by atoms with Crippen LogP contribution >= 0.6 is 11.6 Å². The Morgan fingerprint density at radius 1 is 0.911 bits per heavy atom.